The molecule has 1 atom stereocenters. The average Bonchev–Trinajstić information content (AvgIpc) is 3.07. The maximum Gasteiger partial charge on any atom is 0.263 e. The van der Waals surface area contributed by atoms with Crippen molar-refractivity contribution >= 4 is 5.91 Å². The van der Waals surface area contributed by atoms with E-state index < -0.39 is 0 Å². The molecule has 1 aromatic heterocycles. The van der Waals surface area contributed by atoms with E-state index in [1.165, 1.54) is 5.56 Å². The number of likely N-dealkylation sites (tertiary alicyclic amines) is 1. The van der Waals surface area contributed by atoms with Gasteiger partial charge >= 0.3 is 0 Å². The van der Waals surface area contributed by atoms with Crippen LogP contribution in [0.2, 0.25) is 0 Å². The van der Waals surface area contributed by atoms with Gasteiger partial charge in [0.05, 0.1) is 0 Å². The van der Waals surface area contributed by atoms with Gasteiger partial charge in [0.15, 0.2) is 6.10 Å². The Morgan fingerprint density at radius 3 is 2.75 bits per heavy atom. The number of rotatable bonds is 2. The number of hydrogen-bond donors (Lipinski definition) is 0. The topological polar surface area (TPSA) is 47.4 Å². The molecule has 0 spiro atoms. The lowest BCUT2D eigenvalue weighted by Crippen LogP contribution is -2.46. The van der Waals surface area contributed by atoms with Gasteiger partial charge in [-0.1, -0.05) is 18.2 Å². The number of amides is 1. The Kier molecular flexibility index (Phi) is 4.00. The van der Waals surface area contributed by atoms with Gasteiger partial charge in [-0.25, -0.2) is 4.98 Å². The molecule has 1 aromatic carbocycles. The maximum absolute atomic E-state index is 12.8. The number of carbonyl (C=O) groups is 1. The SMILES string of the molecule is Cn1ccnc1C1CCN(C(=O)C2CCc3ccccc3O2)CC1. The number of piperidine rings is 1. The van der Waals surface area contributed by atoms with Crippen LogP contribution in [-0.2, 0) is 18.3 Å². The standard InChI is InChI=1S/C19H23N3O2/c1-21-13-10-20-18(21)15-8-11-22(12-9-15)19(23)17-7-6-14-4-2-3-5-16(14)24-17/h2-5,10,13,15,17H,6-9,11-12H2,1H3. The van der Waals surface area contributed by atoms with Crippen LogP contribution in [0.1, 0.15) is 36.6 Å². The van der Waals surface area contributed by atoms with E-state index in [2.05, 4.69) is 15.6 Å². The van der Waals surface area contributed by atoms with Gasteiger partial charge in [-0.15, -0.1) is 0 Å². The highest BCUT2D eigenvalue weighted by Gasteiger charge is 2.32. The molecule has 1 unspecified atom stereocenters. The molecule has 1 fully saturated rings. The van der Waals surface area contributed by atoms with E-state index >= 15 is 0 Å². The van der Waals surface area contributed by atoms with Crippen molar-refractivity contribution in [1.82, 2.24) is 14.5 Å². The van der Waals surface area contributed by atoms with Gasteiger partial charge in [-0.2, -0.15) is 0 Å². The summed E-state index contributed by atoms with van der Waals surface area (Å²) in [4.78, 5) is 19.2. The summed E-state index contributed by atoms with van der Waals surface area (Å²) >= 11 is 0. The zero-order valence-corrected chi connectivity index (χ0v) is 14.0. The molecule has 0 aliphatic carbocycles. The molecule has 0 radical (unpaired) electrons. The van der Waals surface area contributed by atoms with Crippen molar-refractivity contribution < 1.29 is 9.53 Å². The minimum Gasteiger partial charge on any atom is -0.480 e. The fourth-order valence-corrected chi connectivity index (χ4v) is 3.83. The Hall–Kier alpha value is -2.30. The van der Waals surface area contributed by atoms with Crippen LogP contribution in [0.4, 0.5) is 0 Å². The van der Waals surface area contributed by atoms with Crippen molar-refractivity contribution in [3.8, 4) is 5.75 Å². The highest BCUT2D eigenvalue weighted by Crippen LogP contribution is 2.30. The summed E-state index contributed by atoms with van der Waals surface area (Å²) in [5.41, 5.74) is 1.20. The molecular weight excluding hydrogens is 302 g/mol. The zero-order valence-electron chi connectivity index (χ0n) is 14.0. The molecule has 0 saturated carbocycles. The first kappa shape index (κ1) is 15.2. The van der Waals surface area contributed by atoms with Gasteiger partial charge in [0.2, 0.25) is 0 Å². The number of nitrogens with zero attached hydrogens (tertiary/aromatic N) is 3. The molecule has 0 N–H and O–H groups in total. The number of carbonyl (C=O) groups excluding carboxylic acids is 1. The number of imidazole rings is 1. The second-order valence-electron chi connectivity index (χ2n) is 6.75. The average molecular weight is 325 g/mol. The van der Waals surface area contributed by atoms with Gasteiger partial charge in [-0.05, 0) is 37.3 Å². The maximum atomic E-state index is 12.8. The van der Waals surface area contributed by atoms with Gasteiger partial charge < -0.3 is 14.2 Å². The van der Waals surface area contributed by atoms with E-state index in [0.29, 0.717) is 5.92 Å². The largest absolute Gasteiger partial charge is 0.480 e. The Balaban J connectivity index is 1.38. The Morgan fingerprint density at radius 1 is 1.21 bits per heavy atom. The molecule has 2 aliphatic rings. The lowest BCUT2D eigenvalue weighted by Gasteiger charge is -2.35. The van der Waals surface area contributed by atoms with Crippen molar-refractivity contribution in [1.29, 1.82) is 0 Å². The van der Waals surface area contributed by atoms with Gasteiger partial charge in [0, 0.05) is 38.4 Å². The van der Waals surface area contributed by atoms with Gasteiger partial charge in [-0.3, -0.25) is 4.79 Å². The zero-order chi connectivity index (χ0) is 16.5. The number of benzene rings is 1. The Bertz CT molecular complexity index is 732. The predicted molar refractivity (Wildman–Crippen MR) is 90.9 cm³/mol. The summed E-state index contributed by atoms with van der Waals surface area (Å²) in [6.45, 7) is 1.58. The summed E-state index contributed by atoms with van der Waals surface area (Å²) in [6.07, 6.45) is 7.13. The molecule has 5 heteroatoms. The van der Waals surface area contributed by atoms with E-state index in [-0.39, 0.29) is 12.0 Å². The quantitative estimate of drug-likeness (QED) is 0.852. The predicted octanol–water partition coefficient (Wildman–Crippen LogP) is 2.52. The minimum absolute atomic E-state index is 0.141. The third kappa shape index (κ3) is 2.79. The molecule has 1 amide bonds. The van der Waals surface area contributed by atoms with Crippen LogP contribution in [0.3, 0.4) is 0 Å². The summed E-state index contributed by atoms with van der Waals surface area (Å²) in [5, 5.41) is 0. The normalized spacial score (nSPS) is 21.2. The number of ether oxygens (including phenoxy) is 1. The molecule has 24 heavy (non-hydrogen) atoms. The summed E-state index contributed by atoms with van der Waals surface area (Å²) in [5.74, 6) is 2.58. The monoisotopic (exact) mass is 325 g/mol. The molecule has 2 aromatic rings. The number of hydrogen-bond acceptors (Lipinski definition) is 3. The first-order chi connectivity index (χ1) is 11.7. The van der Waals surface area contributed by atoms with Crippen LogP contribution in [0, 0.1) is 0 Å². The molecular formula is C19H23N3O2. The molecule has 3 heterocycles. The van der Waals surface area contributed by atoms with Crippen molar-refractivity contribution in [3.63, 3.8) is 0 Å². The fraction of sp³-hybridized carbons (Fsp3) is 0.474. The minimum atomic E-state index is -0.329. The first-order valence-corrected chi connectivity index (χ1v) is 8.73. The van der Waals surface area contributed by atoms with Crippen LogP contribution in [0.25, 0.3) is 0 Å². The molecule has 0 bridgehead atoms. The van der Waals surface area contributed by atoms with Gasteiger partial charge in [0.1, 0.15) is 11.6 Å². The number of para-hydroxylation sites is 1. The third-order valence-electron chi connectivity index (χ3n) is 5.22. The Labute approximate surface area is 142 Å². The molecule has 2 aliphatic heterocycles. The number of aromatic nitrogens is 2. The lowest BCUT2D eigenvalue weighted by molar-refractivity contribution is -0.140. The lowest BCUT2D eigenvalue weighted by atomic mass is 9.94. The van der Waals surface area contributed by atoms with E-state index in [9.17, 15) is 4.79 Å². The molecule has 5 nitrogen and oxygen atoms in total. The highest BCUT2D eigenvalue weighted by atomic mass is 16.5. The summed E-state index contributed by atoms with van der Waals surface area (Å²) in [7, 11) is 2.03. The van der Waals surface area contributed by atoms with Crippen LogP contribution >= 0.6 is 0 Å². The van der Waals surface area contributed by atoms with Crippen LogP contribution in [0.5, 0.6) is 5.75 Å². The van der Waals surface area contributed by atoms with Crippen molar-refractivity contribution in [3.05, 3.63) is 48.0 Å². The highest BCUT2D eigenvalue weighted by molar-refractivity contribution is 5.81. The second kappa shape index (κ2) is 6.30. The summed E-state index contributed by atoms with van der Waals surface area (Å²) < 4.78 is 8.04. The van der Waals surface area contributed by atoms with Gasteiger partial charge in [0.25, 0.3) is 5.91 Å². The van der Waals surface area contributed by atoms with Crippen molar-refractivity contribution in [2.75, 3.05) is 13.1 Å². The second-order valence-corrected chi connectivity index (χ2v) is 6.75. The number of aryl methyl sites for hydroxylation is 2. The first-order valence-electron chi connectivity index (χ1n) is 8.73. The van der Waals surface area contributed by atoms with E-state index in [1.807, 2.05) is 42.5 Å². The summed E-state index contributed by atoms with van der Waals surface area (Å²) in [6, 6.07) is 8.02. The van der Waals surface area contributed by atoms with Crippen molar-refractivity contribution in [2.45, 2.75) is 37.7 Å². The van der Waals surface area contributed by atoms with E-state index in [4.69, 9.17) is 4.74 Å². The number of fused-ring (bicyclic) bond motifs is 1. The van der Waals surface area contributed by atoms with Crippen molar-refractivity contribution in [2.24, 2.45) is 7.05 Å². The molecule has 126 valence electrons. The van der Waals surface area contributed by atoms with Crippen LogP contribution in [-0.4, -0.2) is 39.6 Å². The molecule has 4 rings (SSSR count). The molecule has 1 saturated heterocycles. The van der Waals surface area contributed by atoms with E-state index in [0.717, 1.165) is 50.3 Å². The van der Waals surface area contributed by atoms with E-state index in [1.54, 1.807) is 0 Å². The van der Waals surface area contributed by atoms with Crippen LogP contribution in [0.15, 0.2) is 36.7 Å². The van der Waals surface area contributed by atoms with Crippen LogP contribution < -0.4 is 4.74 Å². The Morgan fingerprint density at radius 2 is 2.00 bits per heavy atom. The smallest absolute Gasteiger partial charge is 0.263 e. The third-order valence-corrected chi connectivity index (χ3v) is 5.22. The fourth-order valence-electron chi connectivity index (χ4n) is 3.83.